The van der Waals surface area contributed by atoms with Gasteiger partial charge in [0.15, 0.2) is 0 Å². The first-order valence-corrected chi connectivity index (χ1v) is 10.4. The van der Waals surface area contributed by atoms with Crippen LogP contribution in [0.3, 0.4) is 0 Å². The number of ether oxygens (including phenoxy) is 1. The Kier molecular flexibility index (Phi) is 19.6. The first-order chi connectivity index (χ1) is 12.2. The molecule has 0 aliphatic carbocycles. The second-order valence-electron chi connectivity index (χ2n) is 6.93. The van der Waals surface area contributed by atoms with E-state index in [1.165, 1.54) is 70.6 Å². The Balaban J connectivity index is 3.17. The molecular formula is C21H41O4-. The highest BCUT2D eigenvalue weighted by atomic mass is 16.6. The third kappa shape index (κ3) is 18.2. The first-order valence-electron chi connectivity index (χ1n) is 10.4. The van der Waals surface area contributed by atoms with Crippen molar-refractivity contribution in [2.75, 3.05) is 13.2 Å². The zero-order valence-electron chi connectivity index (χ0n) is 16.3. The van der Waals surface area contributed by atoms with Gasteiger partial charge in [0.2, 0.25) is 0 Å². The van der Waals surface area contributed by atoms with Crippen molar-refractivity contribution < 1.29 is 20.1 Å². The summed E-state index contributed by atoms with van der Waals surface area (Å²) in [5, 5.41) is 28.9. The summed E-state index contributed by atoms with van der Waals surface area (Å²) >= 11 is 0. The molecule has 0 saturated carbocycles. The lowest BCUT2D eigenvalue weighted by molar-refractivity contribution is -0.509. The Morgan fingerprint density at radius 3 is 1.80 bits per heavy atom. The van der Waals surface area contributed by atoms with Crippen molar-refractivity contribution in [1.82, 2.24) is 0 Å². The van der Waals surface area contributed by atoms with Crippen LogP contribution in [0.15, 0.2) is 12.2 Å². The van der Waals surface area contributed by atoms with Crippen molar-refractivity contribution in [2.45, 2.75) is 109 Å². The van der Waals surface area contributed by atoms with Gasteiger partial charge in [-0.15, -0.1) is 0 Å². The number of rotatable bonds is 19. The summed E-state index contributed by atoms with van der Waals surface area (Å²) in [5.74, 6) is 0. The number of aliphatic hydroxyl groups is 2. The van der Waals surface area contributed by atoms with Crippen molar-refractivity contribution in [3.8, 4) is 0 Å². The average Bonchev–Trinajstić information content (AvgIpc) is 2.63. The fraction of sp³-hybridized carbons (Fsp3) is 0.905. The molecule has 0 radical (unpaired) electrons. The van der Waals surface area contributed by atoms with Gasteiger partial charge in [0.1, 0.15) is 0 Å². The second kappa shape index (κ2) is 19.9. The predicted octanol–water partition coefficient (Wildman–Crippen LogP) is 4.08. The van der Waals surface area contributed by atoms with Crippen LogP contribution in [0.25, 0.3) is 0 Å². The van der Waals surface area contributed by atoms with Gasteiger partial charge in [-0.2, -0.15) is 0 Å². The molecule has 150 valence electrons. The third-order valence-electron chi connectivity index (χ3n) is 4.44. The van der Waals surface area contributed by atoms with Crippen molar-refractivity contribution in [3.63, 3.8) is 0 Å². The number of hydrogen-bond acceptors (Lipinski definition) is 4. The van der Waals surface area contributed by atoms with E-state index in [1.807, 2.05) is 0 Å². The molecule has 0 rings (SSSR count). The van der Waals surface area contributed by atoms with Gasteiger partial charge < -0.3 is 20.1 Å². The van der Waals surface area contributed by atoms with Gasteiger partial charge >= 0.3 is 0 Å². The molecule has 2 N–H and O–H groups in total. The van der Waals surface area contributed by atoms with E-state index >= 15 is 0 Å². The summed E-state index contributed by atoms with van der Waals surface area (Å²) in [5.41, 5.74) is 0. The Hall–Kier alpha value is -0.420. The highest BCUT2D eigenvalue weighted by molar-refractivity contribution is 4.81. The van der Waals surface area contributed by atoms with Crippen molar-refractivity contribution in [2.24, 2.45) is 0 Å². The molecule has 0 amide bonds. The van der Waals surface area contributed by atoms with Crippen LogP contribution in [0, 0.1) is 0 Å². The molecule has 0 aromatic carbocycles. The number of unbranched alkanes of at least 4 members (excludes halogenated alkanes) is 12. The molecule has 0 aliphatic heterocycles. The van der Waals surface area contributed by atoms with Gasteiger partial charge in [-0.1, -0.05) is 76.9 Å². The molecule has 1 unspecified atom stereocenters. The monoisotopic (exact) mass is 357 g/mol. The van der Waals surface area contributed by atoms with Crippen LogP contribution in [-0.4, -0.2) is 35.8 Å². The maximum atomic E-state index is 11.2. The molecule has 0 fully saturated rings. The Labute approximate surface area is 155 Å². The van der Waals surface area contributed by atoms with E-state index in [0.717, 1.165) is 19.3 Å². The average molecular weight is 358 g/mol. The van der Waals surface area contributed by atoms with E-state index in [4.69, 9.17) is 14.9 Å². The first kappa shape index (κ1) is 24.6. The molecule has 4 nitrogen and oxygen atoms in total. The highest BCUT2D eigenvalue weighted by Crippen LogP contribution is 2.10. The molecule has 4 heteroatoms. The summed E-state index contributed by atoms with van der Waals surface area (Å²) in [4.78, 5) is 0. The fourth-order valence-corrected chi connectivity index (χ4v) is 2.75. The zero-order valence-corrected chi connectivity index (χ0v) is 16.3. The lowest BCUT2D eigenvalue weighted by atomic mass is 10.1. The molecule has 0 heterocycles. The predicted molar refractivity (Wildman–Crippen MR) is 102 cm³/mol. The quantitative estimate of drug-likeness (QED) is 0.207. The second-order valence-corrected chi connectivity index (χ2v) is 6.93. The van der Waals surface area contributed by atoms with Crippen LogP contribution in [0.1, 0.15) is 96.8 Å². The fourth-order valence-electron chi connectivity index (χ4n) is 2.75. The van der Waals surface area contributed by atoms with E-state index in [-0.39, 0.29) is 0 Å². The van der Waals surface area contributed by atoms with Gasteiger partial charge in [-0.25, -0.2) is 0 Å². The standard InChI is InChI=1S/C21H41O4/c1-2-3-4-5-6-7-8-9-10-11-12-13-14-15-16-17-18-25-21(24)20(23)19-22/h9-10,20-23H,2-8,11-19H2,1H3/q-1/b10-9-/t20-,21?/m1/s1. The summed E-state index contributed by atoms with van der Waals surface area (Å²) in [7, 11) is 0. The van der Waals surface area contributed by atoms with Crippen LogP contribution >= 0.6 is 0 Å². The Morgan fingerprint density at radius 2 is 1.28 bits per heavy atom. The third-order valence-corrected chi connectivity index (χ3v) is 4.44. The Bertz CT molecular complexity index is 281. The SMILES string of the molecule is CCCCCCCC/C=C\CCCCCCCCOC([O-])[C@H](O)CO. The molecule has 0 aliphatic rings. The van der Waals surface area contributed by atoms with Gasteiger partial charge in [-0.05, 0) is 32.1 Å². The van der Waals surface area contributed by atoms with Crippen LogP contribution in [0.5, 0.6) is 0 Å². The van der Waals surface area contributed by atoms with Crippen molar-refractivity contribution >= 4 is 0 Å². The minimum absolute atomic E-state index is 0.367. The molecule has 0 spiro atoms. The van der Waals surface area contributed by atoms with E-state index in [9.17, 15) is 5.11 Å². The maximum Gasteiger partial charge on any atom is 0.0881 e. The van der Waals surface area contributed by atoms with E-state index < -0.39 is 19.0 Å². The molecule has 0 bridgehead atoms. The minimum Gasteiger partial charge on any atom is -0.829 e. The maximum absolute atomic E-state index is 11.2. The zero-order chi connectivity index (χ0) is 18.6. The number of aliphatic hydroxyl groups excluding tert-OH is 2. The van der Waals surface area contributed by atoms with Gasteiger partial charge in [0.05, 0.1) is 12.7 Å². The molecule has 0 aromatic rings. The number of hydrogen-bond donors (Lipinski definition) is 2. The van der Waals surface area contributed by atoms with Crippen LogP contribution in [0.2, 0.25) is 0 Å². The molecule has 0 saturated heterocycles. The van der Waals surface area contributed by atoms with Crippen LogP contribution < -0.4 is 5.11 Å². The minimum atomic E-state index is -1.52. The summed E-state index contributed by atoms with van der Waals surface area (Å²) in [6.45, 7) is 2.08. The summed E-state index contributed by atoms with van der Waals surface area (Å²) < 4.78 is 4.94. The van der Waals surface area contributed by atoms with Crippen molar-refractivity contribution in [3.05, 3.63) is 12.2 Å². The van der Waals surface area contributed by atoms with Gasteiger partial charge in [-0.3, -0.25) is 0 Å². The summed E-state index contributed by atoms with van der Waals surface area (Å²) in [6, 6.07) is 0. The van der Waals surface area contributed by atoms with Crippen LogP contribution in [0.4, 0.5) is 0 Å². The van der Waals surface area contributed by atoms with E-state index in [2.05, 4.69) is 19.1 Å². The number of allylic oxidation sites excluding steroid dienone is 2. The molecule has 2 atom stereocenters. The van der Waals surface area contributed by atoms with Gasteiger partial charge in [0, 0.05) is 12.9 Å². The van der Waals surface area contributed by atoms with Crippen molar-refractivity contribution in [1.29, 1.82) is 0 Å². The molecule has 0 aromatic heterocycles. The molecular weight excluding hydrogens is 316 g/mol. The van der Waals surface area contributed by atoms with Gasteiger partial charge in [0.25, 0.3) is 0 Å². The lowest BCUT2D eigenvalue weighted by Gasteiger charge is -2.26. The normalized spacial score (nSPS) is 14.2. The van der Waals surface area contributed by atoms with Crippen LogP contribution in [-0.2, 0) is 4.74 Å². The van der Waals surface area contributed by atoms with E-state index in [0.29, 0.717) is 6.61 Å². The highest BCUT2D eigenvalue weighted by Gasteiger charge is 2.06. The smallest absolute Gasteiger partial charge is 0.0881 e. The lowest BCUT2D eigenvalue weighted by Crippen LogP contribution is -2.42. The molecule has 25 heavy (non-hydrogen) atoms. The topological polar surface area (TPSA) is 72.8 Å². The largest absolute Gasteiger partial charge is 0.829 e. The van der Waals surface area contributed by atoms with E-state index in [1.54, 1.807) is 0 Å². The summed E-state index contributed by atoms with van der Waals surface area (Å²) in [6.07, 6.45) is 19.3. The Morgan fingerprint density at radius 1 is 0.800 bits per heavy atom.